The Kier molecular flexibility index (Phi) is 4.34. The van der Waals surface area contributed by atoms with Crippen molar-refractivity contribution in [2.45, 2.75) is 10.9 Å². The maximum Gasteiger partial charge on any atom is 0.256 e. The average molecular weight is 301 g/mol. The van der Waals surface area contributed by atoms with Crippen molar-refractivity contribution in [1.82, 2.24) is 4.90 Å². The maximum absolute atomic E-state index is 12.4. The van der Waals surface area contributed by atoms with Gasteiger partial charge in [0.2, 0.25) is 5.91 Å². The van der Waals surface area contributed by atoms with Crippen molar-refractivity contribution in [2.75, 3.05) is 19.8 Å². The van der Waals surface area contributed by atoms with E-state index >= 15 is 0 Å². The molecule has 0 bridgehead atoms. The van der Waals surface area contributed by atoms with E-state index < -0.39 is 11.9 Å². The number of morpholine rings is 1. The summed E-state index contributed by atoms with van der Waals surface area (Å²) in [4.78, 5) is 25.8. The number of thiol groups is 1. The molecule has 0 saturated carbocycles. The van der Waals surface area contributed by atoms with Gasteiger partial charge in [0, 0.05) is 11.4 Å². The molecule has 102 valence electrons. The van der Waals surface area contributed by atoms with E-state index in [9.17, 15) is 9.59 Å². The highest BCUT2D eigenvalue weighted by molar-refractivity contribution is 7.80. The Morgan fingerprint density at radius 2 is 2.21 bits per heavy atom. The molecule has 1 aromatic rings. The van der Waals surface area contributed by atoms with Crippen LogP contribution in [0.4, 0.5) is 0 Å². The third-order valence-electron chi connectivity index (χ3n) is 2.90. The van der Waals surface area contributed by atoms with Crippen LogP contribution in [0.25, 0.3) is 0 Å². The van der Waals surface area contributed by atoms with Crippen molar-refractivity contribution in [3.8, 4) is 0 Å². The van der Waals surface area contributed by atoms with Gasteiger partial charge in [0.15, 0.2) is 0 Å². The normalized spacial score (nSPS) is 19.3. The van der Waals surface area contributed by atoms with Crippen LogP contribution in [0.1, 0.15) is 10.4 Å². The summed E-state index contributed by atoms with van der Waals surface area (Å²) >= 11 is 10.2. The quantitative estimate of drug-likeness (QED) is 0.799. The molecule has 0 radical (unpaired) electrons. The number of hydrogen-bond donors (Lipinski definition) is 2. The summed E-state index contributed by atoms with van der Waals surface area (Å²) in [7, 11) is 0. The topological polar surface area (TPSA) is 72.6 Å². The van der Waals surface area contributed by atoms with Gasteiger partial charge in [-0.1, -0.05) is 11.6 Å². The molecule has 19 heavy (non-hydrogen) atoms. The molecule has 1 saturated heterocycles. The molecule has 1 aliphatic rings. The Balaban J connectivity index is 2.31. The summed E-state index contributed by atoms with van der Waals surface area (Å²) < 4.78 is 5.17. The highest BCUT2D eigenvalue weighted by atomic mass is 35.5. The molecule has 2 N–H and O–H groups in total. The number of carbonyl (C=O) groups is 2. The number of primary amides is 1. The SMILES string of the molecule is NC(=O)C1COCCN1C(=O)c1cc(S)ccc1Cl. The van der Waals surface area contributed by atoms with Gasteiger partial charge in [-0.3, -0.25) is 9.59 Å². The van der Waals surface area contributed by atoms with E-state index in [0.29, 0.717) is 28.6 Å². The van der Waals surface area contributed by atoms with Gasteiger partial charge in [0.25, 0.3) is 5.91 Å². The number of amides is 2. The van der Waals surface area contributed by atoms with Crippen LogP contribution >= 0.6 is 24.2 Å². The fraction of sp³-hybridized carbons (Fsp3) is 0.333. The van der Waals surface area contributed by atoms with E-state index in [4.69, 9.17) is 22.1 Å². The van der Waals surface area contributed by atoms with E-state index in [2.05, 4.69) is 12.6 Å². The lowest BCUT2D eigenvalue weighted by atomic mass is 10.1. The van der Waals surface area contributed by atoms with Crippen LogP contribution in [-0.2, 0) is 9.53 Å². The Morgan fingerprint density at radius 1 is 1.47 bits per heavy atom. The van der Waals surface area contributed by atoms with E-state index in [1.807, 2.05) is 0 Å². The minimum Gasteiger partial charge on any atom is -0.377 e. The van der Waals surface area contributed by atoms with Crippen LogP contribution < -0.4 is 5.73 Å². The van der Waals surface area contributed by atoms with Gasteiger partial charge in [-0.2, -0.15) is 0 Å². The van der Waals surface area contributed by atoms with E-state index in [1.165, 1.54) is 4.90 Å². The van der Waals surface area contributed by atoms with Crippen LogP contribution in [0.3, 0.4) is 0 Å². The molecule has 2 rings (SSSR count). The molecule has 0 spiro atoms. The number of rotatable bonds is 2. The minimum atomic E-state index is -0.763. The number of nitrogens with two attached hydrogens (primary N) is 1. The lowest BCUT2D eigenvalue weighted by molar-refractivity contribution is -0.127. The fourth-order valence-corrected chi connectivity index (χ4v) is 2.32. The first-order chi connectivity index (χ1) is 9.00. The fourth-order valence-electron chi connectivity index (χ4n) is 1.91. The number of hydrogen-bond acceptors (Lipinski definition) is 4. The second kappa shape index (κ2) is 5.81. The molecular weight excluding hydrogens is 288 g/mol. The van der Waals surface area contributed by atoms with Crippen molar-refractivity contribution in [2.24, 2.45) is 5.73 Å². The molecule has 2 amide bonds. The highest BCUT2D eigenvalue weighted by Gasteiger charge is 2.32. The van der Waals surface area contributed by atoms with Crippen LogP contribution in [0, 0.1) is 0 Å². The van der Waals surface area contributed by atoms with Gasteiger partial charge in [-0.05, 0) is 18.2 Å². The van der Waals surface area contributed by atoms with Crippen molar-refractivity contribution < 1.29 is 14.3 Å². The Hall–Kier alpha value is -1.24. The first kappa shape index (κ1) is 14.2. The van der Waals surface area contributed by atoms with Crippen LogP contribution in [-0.4, -0.2) is 42.5 Å². The molecule has 1 heterocycles. The maximum atomic E-state index is 12.4. The summed E-state index contributed by atoms with van der Waals surface area (Å²) in [6.07, 6.45) is 0. The molecule has 1 atom stereocenters. The zero-order valence-electron chi connectivity index (χ0n) is 10.0. The van der Waals surface area contributed by atoms with E-state index in [1.54, 1.807) is 18.2 Å². The molecule has 7 heteroatoms. The Bertz CT molecular complexity index is 524. The minimum absolute atomic E-state index is 0.110. The molecule has 1 aromatic carbocycles. The second-order valence-electron chi connectivity index (χ2n) is 4.16. The number of benzene rings is 1. The first-order valence-electron chi connectivity index (χ1n) is 5.67. The predicted octanol–water partition coefficient (Wildman–Crippen LogP) is 0.955. The van der Waals surface area contributed by atoms with Gasteiger partial charge < -0.3 is 15.4 Å². The smallest absolute Gasteiger partial charge is 0.256 e. The van der Waals surface area contributed by atoms with Gasteiger partial charge in [-0.15, -0.1) is 12.6 Å². The van der Waals surface area contributed by atoms with Gasteiger partial charge >= 0.3 is 0 Å². The summed E-state index contributed by atoms with van der Waals surface area (Å²) in [5.74, 6) is -0.931. The Labute approximate surface area is 121 Å². The van der Waals surface area contributed by atoms with Gasteiger partial charge in [0.05, 0.1) is 23.8 Å². The first-order valence-corrected chi connectivity index (χ1v) is 6.50. The summed E-state index contributed by atoms with van der Waals surface area (Å²) in [5.41, 5.74) is 5.59. The predicted molar refractivity (Wildman–Crippen MR) is 73.5 cm³/mol. The standard InChI is InChI=1S/C12H13ClN2O3S/c13-9-2-1-7(19)5-8(9)12(17)15-3-4-18-6-10(15)11(14)16/h1-2,5,10,19H,3-4,6H2,(H2,14,16). The number of ether oxygens (including phenoxy) is 1. The third kappa shape index (κ3) is 3.02. The van der Waals surface area contributed by atoms with Crippen LogP contribution in [0.5, 0.6) is 0 Å². The second-order valence-corrected chi connectivity index (χ2v) is 5.08. The lowest BCUT2D eigenvalue weighted by Crippen LogP contribution is -2.54. The number of carbonyl (C=O) groups excluding carboxylic acids is 2. The number of halogens is 1. The van der Waals surface area contributed by atoms with Crippen molar-refractivity contribution >= 4 is 36.0 Å². The lowest BCUT2D eigenvalue weighted by Gasteiger charge is -2.33. The van der Waals surface area contributed by atoms with Crippen molar-refractivity contribution in [3.63, 3.8) is 0 Å². The van der Waals surface area contributed by atoms with E-state index in [-0.39, 0.29) is 12.5 Å². The molecule has 5 nitrogen and oxygen atoms in total. The molecule has 0 aromatic heterocycles. The molecule has 1 fully saturated rings. The number of nitrogens with zero attached hydrogens (tertiary/aromatic N) is 1. The third-order valence-corrected chi connectivity index (χ3v) is 3.51. The highest BCUT2D eigenvalue weighted by Crippen LogP contribution is 2.22. The van der Waals surface area contributed by atoms with Crippen molar-refractivity contribution in [3.05, 3.63) is 28.8 Å². The van der Waals surface area contributed by atoms with Crippen molar-refractivity contribution in [1.29, 1.82) is 0 Å². The largest absolute Gasteiger partial charge is 0.377 e. The molecule has 1 unspecified atom stereocenters. The summed E-state index contributed by atoms with van der Waals surface area (Å²) in [6, 6.07) is 4.09. The van der Waals surface area contributed by atoms with Crippen LogP contribution in [0.2, 0.25) is 5.02 Å². The molecule has 1 aliphatic heterocycles. The van der Waals surface area contributed by atoms with Gasteiger partial charge in [0.1, 0.15) is 6.04 Å². The zero-order chi connectivity index (χ0) is 14.0. The summed E-state index contributed by atoms with van der Waals surface area (Å²) in [6.45, 7) is 0.784. The monoisotopic (exact) mass is 300 g/mol. The summed E-state index contributed by atoms with van der Waals surface area (Å²) in [5, 5.41) is 0.317. The van der Waals surface area contributed by atoms with Gasteiger partial charge in [-0.25, -0.2) is 0 Å². The molecule has 0 aliphatic carbocycles. The van der Waals surface area contributed by atoms with Crippen LogP contribution in [0.15, 0.2) is 23.1 Å². The Morgan fingerprint density at radius 3 is 2.89 bits per heavy atom. The molecular formula is C12H13ClN2O3S. The van der Waals surface area contributed by atoms with E-state index in [0.717, 1.165) is 0 Å². The average Bonchev–Trinajstić information content (AvgIpc) is 2.40. The zero-order valence-corrected chi connectivity index (χ0v) is 11.7.